The molecule has 0 atom stereocenters. The van der Waals surface area contributed by atoms with Gasteiger partial charge in [0.05, 0.1) is 11.4 Å². The van der Waals surface area contributed by atoms with Crippen LogP contribution in [0.4, 0.5) is 22.7 Å². The van der Waals surface area contributed by atoms with Crippen molar-refractivity contribution in [2.24, 2.45) is 9.98 Å². The van der Waals surface area contributed by atoms with Crippen molar-refractivity contribution in [2.45, 2.75) is 111 Å². The Hall–Kier alpha value is -3.53. The molecule has 4 rings (SSSR count). The monoisotopic (exact) mass is 828 g/mol. The van der Waals surface area contributed by atoms with Gasteiger partial charge in [-0.15, -0.1) is 11.4 Å². The van der Waals surface area contributed by atoms with Crippen molar-refractivity contribution in [1.29, 1.82) is 0 Å². The van der Waals surface area contributed by atoms with Gasteiger partial charge in [0.1, 0.15) is 0 Å². The number of aliphatic imine (C=N–C) groups is 2. The standard InChI is InChI=1S/2C23H29N2.2H2O.2Zn/c2*1-14-9-16(3)22(17(4)10-14)24-20(7)13-21(8)25-23-18(5)11-15(2)12-19(23)6;;;;/h2*9-13H,1-8H3;2*1H2;;/q2*-1;;;2*+2/p-2/b2*20-13-,25-21?;;;;. The van der Waals surface area contributed by atoms with Crippen LogP contribution in [-0.4, -0.2) is 22.4 Å². The SMILES string of the molecule is CC(/C=C(/C)[N-]c1c(C)cc(C)cc1C)=Nc1c(C)cc(C)cc1C.CC(/C=C(/C)[N-]c1c(C)cc(C)cc1C)=Nc1c(C)cc(C)cc1C.[OH-].[OH-].[Zn+2].[Zn+2]. The number of nitrogens with zero attached hydrogens (tertiary/aromatic N) is 4. The van der Waals surface area contributed by atoms with E-state index in [1.807, 2.05) is 27.7 Å². The zero-order valence-electron chi connectivity index (χ0n) is 35.9. The Labute approximate surface area is 352 Å². The molecule has 2 N–H and O–H groups in total. The van der Waals surface area contributed by atoms with Crippen molar-refractivity contribution in [3.05, 3.63) is 149 Å². The zero-order valence-corrected chi connectivity index (χ0v) is 41.8. The molecule has 0 bridgehead atoms. The van der Waals surface area contributed by atoms with Crippen molar-refractivity contribution >= 4 is 34.2 Å². The summed E-state index contributed by atoms with van der Waals surface area (Å²) < 4.78 is 0. The number of aryl methyl sites for hydroxylation is 12. The molecule has 0 unspecified atom stereocenters. The van der Waals surface area contributed by atoms with Crippen LogP contribution in [0.15, 0.2) is 82.1 Å². The first kappa shape index (κ1) is 52.6. The largest absolute Gasteiger partial charge is 2.00 e. The molecule has 0 spiro atoms. The van der Waals surface area contributed by atoms with Crippen LogP contribution in [0.25, 0.3) is 10.6 Å². The van der Waals surface area contributed by atoms with Crippen molar-refractivity contribution in [2.75, 3.05) is 0 Å². The summed E-state index contributed by atoms with van der Waals surface area (Å²) in [6, 6.07) is 17.4. The second kappa shape index (κ2) is 23.4. The quantitative estimate of drug-likeness (QED) is 0.130. The molecule has 0 aliphatic heterocycles. The average Bonchev–Trinajstić information content (AvgIpc) is 2.97. The molecule has 0 radical (unpaired) electrons. The van der Waals surface area contributed by atoms with E-state index in [2.05, 4.69) is 144 Å². The van der Waals surface area contributed by atoms with E-state index in [4.69, 9.17) is 20.6 Å². The molecule has 0 aromatic heterocycles. The van der Waals surface area contributed by atoms with Gasteiger partial charge in [-0.05, 0) is 119 Å². The van der Waals surface area contributed by atoms with E-state index in [-0.39, 0.29) is 49.9 Å². The molecule has 280 valence electrons. The molecule has 8 heteroatoms. The number of benzene rings is 4. The van der Waals surface area contributed by atoms with Crippen LogP contribution in [0.2, 0.25) is 0 Å². The third kappa shape index (κ3) is 15.3. The molecule has 0 amide bonds. The molecule has 0 aliphatic carbocycles. The number of rotatable bonds is 8. The summed E-state index contributed by atoms with van der Waals surface area (Å²) in [6.45, 7) is 33.6. The van der Waals surface area contributed by atoms with Gasteiger partial charge in [-0.25, -0.2) is 0 Å². The fourth-order valence-electron chi connectivity index (χ4n) is 6.83. The first-order chi connectivity index (χ1) is 23.3. The molecule has 0 aliphatic rings. The van der Waals surface area contributed by atoms with Gasteiger partial charge in [0.25, 0.3) is 0 Å². The summed E-state index contributed by atoms with van der Waals surface area (Å²) >= 11 is 0. The van der Waals surface area contributed by atoms with Gasteiger partial charge in [-0.2, -0.15) is 11.4 Å². The van der Waals surface area contributed by atoms with Crippen LogP contribution in [0, 0.1) is 83.1 Å². The minimum atomic E-state index is 0. The molecular formula is C46H60N4O2Zn2. The van der Waals surface area contributed by atoms with Crippen LogP contribution in [-0.2, 0) is 39.0 Å². The maximum Gasteiger partial charge on any atom is 2.00 e. The first-order valence-corrected chi connectivity index (χ1v) is 17.6. The molecule has 0 fully saturated rings. The average molecular weight is 832 g/mol. The Bertz CT molecular complexity index is 1790. The van der Waals surface area contributed by atoms with E-state index in [0.717, 1.165) is 45.6 Å². The maximum absolute atomic E-state index is 4.82. The van der Waals surface area contributed by atoms with E-state index in [9.17, 15) is 0 Å². The van der Waals surface area contributed by atoms with Crippen LogP contribution < -0.4 is 0 Å². The third-order valence-corrected chi connectivity index (χ3v) is 8.53. The van der Waals surface area contributed by atoms with Crippen molar-refractivity contribution in [1.82, 2.24) is 0 Å². The third-order valence-electron chi connectivity index (χ3n) is 8.53. The summed E-state index contributed by atoms with van der Waals surface area (Å²) in [5.74, 6) is 0. The Balaban J connectivity index is 0. The Morgan fingerprint density at radius 1 is 0.389 bits per heavy atom. The van der Waals surface area contributed by atoms with E-state index in [1.54, 1.807) is 0 Å². The van der Waals surface area contributed by atoms with Crippen molar-refractivity contribution in [3.8, 4) is 0 Å². The summed E-state index contributed by atoms with van der Waals surface area (Å²) in [5.41, 5.74) is 23.0. The number of allylic oxidation sites excluding steroid dienone is 4. The minimum Gasteiger partial charge on any atom is -0.870 e. The van der Waals surface area contributed by atoms with Gasteiger partial charge in [-0.1, -0.05) is 119 Å². The number of hydrogen-bond acceptors (Lipinski definition) is 4. The van der Waals surface area contributed by atoms with E-state index < -0.39 is 0 Å². The molecule has 0 heterocycles. The second-order valence-electron chi connectivity index (χ2n) is 14.3. The smallest absolute Gasteiger partial charge is 0.870 e. The van der Waals surface area contributed by atoms with Gasteiger partial charge in [-0.3, -0.25) is 9.98 Å². The van der Waals surface area contributed by atoms with E-state index in [1.165, 1.54) is 66.8 Å². The molecule has 4 aromatic rings. The summed E-state index contributed by atoms with van der Waals surface area (Å²) in [5, 5.41) is 9.64. The molecular weight excluding hydrogens is 771 g/mol. The summed E-state index contributed by atoms with van der Waals surface area (Å²) in [4.78, 5) is 9.64. The number of hydrogen-bond donors (Lipinski definition) is 0. The van der Waals surface area contributed by atoms with Crippen molar-refractivity contribution < 1.29 is 49.9 Å². The first-order valence-electron chi connectivity index (χ1n) is 17.6. The van der Waals surface area contributed by atoms with Crippen LogP contribution >= 0.6 is 0 Å². The Morgan fingerprint density at radius 2 is 0.593 bits per heavy atom. The van der Waals surface area contributed by atoms with E-state index in [0.29, 0.717) is 0 Å². The Morgan fingerprint density at radius 3 is 0.815 bits per heavy atom. The summed E-state index contributed by atoms with van der Waals surface area (Å²) in [6.07, 6.45) is 4.11. The van der Waals surface area contributed by atoms with Crippen molar-refractivity contribution in [3.63, 3.8) is 0 Å². The molecule has 0 saturated heterocycles. The van der Waals surface area contributed by atoms with Gasteiger partial charge < -0.3 is 21.6 Å². The van der Waals surface area contributed by atoms with E-state index >= 15 is 0 Å². The topological polar surface area (TPSA) is 113 Å². The molecule has 0 saturated carbocycles. The predicted octanol–water partition coefficient (Wildman–Crippen LogP) is 14.1. The second-order valence-corrected chi connectivity index (χ2v) is 14.3. The van der Waals surface area contributed by atoms with Crippen LogP contribution in [0.3, 0.4) is 0 Å². The van der Waals surface area contributed by atoms with Crippen LogP contribution in [0.1, 0.15) is 94.5 Å². The summed E-state index contributed by atoms with van der Waals surface area (Å²) in [7, 11) is 0. The van der Waals surface area contributed by atoms with Gasteiger partial charge >= 0.3 is 39.0 Å². The maximum atomic E-state index is 4.82. The fourth-order valence-corrected chi connectivity index (χ4v) is 6.83. The fraction of sp³-hybridized carbons (Fsp3) is 0.348. The molecule has 54 heavy (non-hydrogen) atoms. The van der Waals surface area contributed by atoms with Gasteiger partial charge in [0, 0.05) is 11.4 Å². The zero-order chi connectivity index (χ0) is 37.4. The molecule has 4 aromatic carbocycles. The normalized spacial score (nSPS) is 11.6. The molecule has 6 nitrogen and oxygen atoms in total. The van der Waals surface area contributed by atoms with Crippen LogP contribution in [0.5, 0.6) is 0 Å². The Kier molecular flexibility index (Phi) is 22.8. The van der Waals surface area contributed by atoms with Gasteiger partial charge in [0.2, 0.25) is 0 Å². The van der Waals surface area contributed by atoms with Gasteiger partial charge in [0.15, 0.2) is 0 Å². The predicted molar refractivity (Wildman–Crippen MR) is 226 cm³/mol. The minimum absolute atomic E-state index is 0.